The zero-order chi connectivity index (χ0) is 22.1. The van der Waals surface area contributed by atoms with Crippen LogP contribution in [0.2, 0.25) is 0 Å². The van der Waals surface area contributed by atoms with E-state index in [2.05, 4.69) is 10.6 Å². The quantitative estimate of drug-likeness (QED) is 0.644. The van der Waals surface area contributed by atoms with Gasteiger partial charge in [0, 0.05) is 18.3 Å². The third-order valence-electron chi connectivity index (χ3n) is 3.88. The minimum atomic E-state index is -0.604. The molecule has 158 valence electrons. The summed E-state index contributed by atoms with van der Waals surface area (Å²) in [5, 5.41) is 5.34. The van der Waals surface area contributed by atoms with Gasteiger partial charge in [0.15, 0.2) is 0 Å². The van der Waals surface area contributed by atoms with Gasteiger partial charge in [0.2, 0.25) is 11.8 Å². The lowest BCUT2D eigenvalue weighted by molar-refractivity contribution is -0.116. The summed E-state index contributed by atoms with van der Waals surface area (Å²) in [6, 6.07) is 11.1. The topological polar surface area (TPSA) is 111 Å². The second-order valence-electron chi connectivity index (χ2n) is 6.34. The van der Waals surface area contributed by atoms with Gasteiger partial charge >= 0.3 is 11.9 Å². The van der Waals surface area contributed by atoms with E-state index in [0.29, 0.717) is 5.69 Å². The Morgan fingerprint density at radius 2 is 1.30 bits per heavy atom. The van der Waals surface area contributed by atoms with Crippen LogP contribution in [0.1, 0.15) is 47.1 Å². The van der Waals surface area contributed by atoms with Gasteiger partial charge in [-0.05, 0) is 49.7 Å². The van der Waals surface area contributed by atoms with Gasteiger partial charge < -0.3 is 20.1 Å². The van der Waals surface area contributed by atoms with Crippen LogP contribution in [-0.2, 0) is 25.5 Å². The van der Waals surface area contributed by atoms with E-state index in [1.165, 1.54) is 25.1 Å². The molecule has 0 aliphatic heterocycles. The lowest BCUT2D eigenvalue weighted by atomic mass is 10.1. The van der Waals surface area contributed by atoms with Gasteiger partial charge in [-0.3, -0.25) is 9.59 Å². The Hall–Kier alpha value is -3.68. The summed E-state index contributed by atoms with van der Waals surface area (Å²) in [5.41, 5.74) is 1.92. The Morgan fingerprint density at radius 3 is 1.77 bits per heavy atom. The van der Waals surface area contributed by atoms with Crippen LogP contribution in [0.25, 0.3) is 0 Å². The molecule has 0 aliphatic rings. The molecule has 2 amide bonds. The summed E-state index contributed by atoms with van der Waals surface area (Å²) in [6.07, 6.45) is 0.0682. The summed E-state index contributed by atoms with van der Waals surface area (Å²) in [6.45, 7) is 5.12. The number of ether oxygens (including phenoxy) is 2. The molecule has 0 unspecified atom stereocenters. The van der Waals surface area contributed by atoms with Crippen molar-refractivity contribution in [2.24, 2.45) is 0 Å². The van der Waals surface area contributed by atoms with Crippen LogP contribution in [-0.4, -0.2) is 37.0 Å². The van der Waals surface area contributed by atoms with Gasteiger partial charge in [-0.15, -0.1) is 0 Å². The minimum Gasteiger partial charge on any atom is -0.462 e. The third kappa shape index (κ3) is 6.73. The van der Waals surface area contributed by atoms with E-state index in [1.54, 1.807) is 38.1 Å². The van der Waals surface area contributed by atoms with Gasteiger partial charge in [0.1, 0.15) is 0 Å². The van der Waals surface area contributed by atoms with Crippen LogP contribution in [0.4, 0.5) is 11.4 Å². The van der Waals surface area contributed by atoms with Crippen LogP contribution < -0.4 is 10.6 Å². The first-order valence-corrected chi connectivity index (χ1v) is 9.48. The van der Waals surface area contributed by atoms with Crippen molar-refractivity contribution in [2.75, 3.05) is 23.8 Å². The van der Waals surface area contributed by atoms with Crippen LogP contribution in [0, 0.1) is 0 Å². The van der Waals surface area contributed by atoms with E-state index in [9.17, 15) is 19.2 Å². The maximum Gasteiger partial charge on any atom is 0.338 e. The van der Waals surface area contributed by atoms with Gasteiger partial charge in [-0.1, -0.05) is 12.1 Å². The standard InChI is InChI=1S/C22H24N2O6/c1-4-29-21(27)16-11-17(22(28)30-5-2)13-19(12-16)24-20(26)10-15-6-8-18(9-7-15)23-14(3)25/h6-9,11-13H,4-5,10H2,1-3H3,(H,23,25)(H,24,26). The molecule has 0 fully saturated rings. The fourth-order valence-corrected chi connectivity index (χ4v) is 2.66. The van der Waals surface area contributed by atoms with E-state index < -0.39 is 11.9 Å². The van der Waals surface area contributed by atoms with Gasteiger partial charge in [-0.25, -0.2) is 9.59 Å². The molecule has 2 aromatic carbocycles. The van der Waals surface area contributed by atoms with Gasteiger partial charge in [-0.2, -0.15) is 0 Å². The lowest BCUT2D eigenvalue weighted by Crippen LogP contribution is -2.16. The number of esters is 2. The molecular weight excluding hydrogens is 388 g/mol. The normalized spacial score (nSPS) is 10.1. The van der Waals surface area contributed by atoms with Crippen molar-refractivity contribution < 1.29 is 28.7 Å². The molecule has 2 rings (SSSR count). The maximum absolute atomic E-state index is 12.4. The lowest BCUT2D eigenvalue weighted by Gasteiger charge is -2.11. The highest BCUT2D eigenvalue weighted by atomic mass is 16.5. The molecule has 2 N–H and O–H groups in total. The molecule has 0 saturated carbocycles. The van der Waals surface area contributed by atoms with Crippen molar-refractivity contribution in [3.63, 3.8) is 0 Å². The Labute approximate surface area is 174 Å². The molecular formula is C22H24N2O6. The molecule has 0 radical (unpaired) electrons. The van der Waals surface area contributed by atoms with E-state index in [4.69, 9.17) is 9.47 Å². The maximum atomic E-state index is 12.4. The summed E-state index contributed by atoms with van der Waals surface area (Å²) >= 11 is 0. The Bertz CT molecular complexity index is 901. The van der Waals surface area contributed by atoms with E-state index in [-0.39, 0.29) is 48.3 Å². The Balaban J connectivity index is 2.16. The first kappa shape index (κ1) is 22.6. The highest BCUT2D eigenvalue weighted by Gasteiger charge is 2.16. The molecule has 0 aliphatic carbocycles. The fraction of sp³-hybridized carbons (Fsp3) is 0.273. The predicted molar refractivity (Wildman–Crippen MR) is 111 cm³/mol. The molecule has 0 heterocycles. The summed E-state index contributed by atoms with van der Waals surface area (Å²) < 4.78 is 9.97. The number of nitrogens with one attached hydrogen (secondary N) is 2. The van der Waals surface area contributed by atoms with Crippen LogP contribution in [0.5, 0.6) is 0 Å². The van der Waals surface area contributed by atoms with Crippen LogP contribution in [0.3, 0.4) is 0 Å². The number of hydrogen-bond donors (Lipinski definition) is 2. The first-order chi connectivity index (χ1) is 14.3. The zero-order valence-electron chi connectivity index (χ0n) is 17.1. The number of carbonyl (C=O) groups is 4. The van der Waals surface area contributed by atoms with Crippen LogP contribution >= 0.6 is 0 Å². The molecule has 2 aromatic rings. The highest BCUT2D eigenvalue weighted by molar-refractivity contribution is 6.00. The van der Waals surface area contributed by atoms with Crippen molar-refractivity contribution in [3.8, 4) is 0 Å². The van der Waals surface area contributed by atoms with Crippen molar-refractivity contribution in [1.29, 1.82) is 0 Å². The number of rotatable bonds is 8. The minimum absolute atomic E-state index is 0.0682. The second-order valence-corrected chi connectivity index (χ2v) is 6.34. The molecule has 0 atom stereocenters. The Morgan fingerprint density at radius 1 is 0.767 bits per heavy atom. The van der Waals surface area contributed by atoms with E-state index >= 15 is 0 Å². The SMILES string of the molecule is CCOC(=O)c1cc(NC(=O)Cc2ccc(NC(C)=O)cc2)cc(C(=O)OCC)c1. The molecule has 0 aromatic heterocycles. The molecule has 0 spiro atoms. The zero-order valence-corrected chi connectivity index (χ0v) is 17.1. The van der Waals surface area contributed by atoms with Crippen molar-refractivity contribution in [2.45, 2.75) is 27.2 Å². The molecule has 8 nitrogen and oxygen atoms in total. The smallest absolute Gasteiger partial charge is 0.338 e. The third-order valence-corrected chi connectivity index (χ3v) is 3.88. The summed E-state index contributed by atoms with van der Waals surface area (Å²) in [4.78, 5) is 47.7. The number of carbonyl (C=O) groups excluding carboxylic acids is 4. The molecule has 8 heteroatoms. The first-order valence-electron chi connectivity index (χ1n) is 9.48. The number of hydrogen-bond acceptors (Lipinski definition) is 6. The van der Waals surface area contributed by atoms with Crippen molar-refractivity contribution in [1.82, 2.24) is 0 Å². The number of amides is 2. The summed E-state index contributed by atoms with van der Waals surface area (Å²) in [7, 11) is 0. The van der Waals surface area contributed by atoms with Crippen molar-refractivity contribution >= 4 is 35.1 Å². The monoisotopic (exact) mass is 412 g/mol. The van der Waals surface area contributed by atoms with Crippen LogP contribution in [0.15, 0.2) is 42.5 Å². The van der Waals surface area contributed by atoms with Crippen molar-refractivity contribution in [3.05, 3.63) is 59.2 Å². The number of benzene rings is 2. The Kier molecular flexibility index (Phi) is 8.10. The van der Waals surface area contributed by atoms with E-state index in [1.807, 2.05) is 0 Å². The molecule has 0 saturated heterocycles. The second kappa shape index (κ2) is 10.8. The van der Waals surface area contributed by atoms with Gasteiger partial charge in [0.05, 0.1) is 30.8 Å². The summed E-state index contributed by atoms with van der Waals surface area (Å²) in [5.74, 6) is -1.72. The fourth-order valence-electron chi connectivity index (χ4n) is 2.66. The number of anilines is 2. The predicted octanol–water partition coefficient (Wildman–Crippen LogP) is 3.18. The van der Waals surface area contributed by atoms with Gasteiger partial charge in [0.25, 0.3) is 0 Å². The van der Waals surface area contributed by atoms with E-state index in [0.717, 1.165) is 5.56 Å². The highest BCUT2D eigenvalue weighted by Crippen LogP contribution is 2.18. The molecule has 0 bridgehead atoms. The average Bonchev–Trinajstić information content (AvgIpc) is 2.69. The largest absolute Gasteiger partial charge is 0.462 e. The average molecular weight is 412 g/mol. The molecule has 30 heavy (non-hydrogen) atoms.